The Hall–Kier alpha value is -3.81. The quantitative estimate of drug-likeness (QED) is 0.136. The average Bonchev–Trinajstić information content (AvgIpc) is 3.13. The molecule has 1 unspecified atom stereocenters. The highest BCUT2D eigenvalue weighted by molar-refractivity contribution is 8.13. The fourth-order valence-corrected chi connectivity index (χ4v) is 6.91. The van der Waals surface area contributed by atoms with Crippen LogP contribution >= 0.6 is 11.8 Å². The van der Waals surface area contributed by atoms with E-state index in [1.807, 2.05) is 30.3 Å². The Morgan fingerprint density at radius 2 is 1.60 bits per heavy atom. The first-order valence-corrected chi connectivity index (χ1v) is 17.1. The summed E-state index contributed by atoms with van der Waals surface area (Å²) in [5.41, 5.74) is 1.03. The second-order valence-corrected chi connectivity index (χ2v) is 12.9. The second kappa shape index (κ2) is 16.5. The van der Waals surface area contributed by atoms with Crippen LogP contribution in [0.2, 0.25) is 0 Å². The molecule has 3 fully saturated rings. The van der Waals surface area contributed by atoms with Gasteiger partial charge in [-0.05, 0) is 36.6 Å². The second-order valence-electron chi connectivity index (χ2n) is 11.9. The van der Waals surface area contributed by atoms with Crippen LogP contribution in [0, 0.1) is 5.92 Å². The van der Waals surface area contributed by atoms with Crippen molar-refractivity contribution in [1.82, 2.24) is 4.98 Å². The molecule has 0 spiro atoms. The largest absolute Gasteiger partial charge is 0.467 e. The summed E-state index contributed by atoms with van der Waals surface area (Å²) in [5.74, 6) is -0.995. The third-order valence-electron chi connectivity index (χ3n) is 8.70. The van der Waals surface area contributed by atoms with E-state index >= 15 is 0 Å². The van der Waals surface area contributed by atoms with Gasteiger partial charge in [0.2, 0.25) is 6.29 Å². The van der Waals surface area contributed by atoms with Crippen LogP contribution in [-0.4, -0.2) is 72.8 Å². The first-order chi connectivity index (χ1) is 23.5. The molecule has 254 valence electrons. The van der Waals surface area contributed by atoms with Crippen molar-refractivity contribution in [3.8, 4) is 0 Å². The summed E-state index contributed by atoms with van der Waals surface area (Å²) in [5, 5.41) is -0.321. The van der Waals surface area contributed by atoms with Crippen LogP contribution < -0.4 is 0 Å². The molecule has 2 saturated heterocycles. The molecule has 1 aromatic heterocycles. The number of methoxy groups -OCH3 is 1. The van der Waals surface area contributed by atoms with Gasteiger partial charge in [0.1, 0.15) is 23.3 Å². The summed E-state index contributed by atoms with van der Waals surface area (Å²) in [7, 11) is 1.31. The van der Waals surface area contributed by atoms with Gasteiger partial charge in [-0.25, -0.2) is 19.4 Å². The van der Waals surface area contributed by atoms with Gasteiger partial charge in [-0.3, -0.25) is 0 Å². The summed E-state index contributed by atoms with van der Waals surface area (Å²) in [4.78, 5) is 44.3. The molecular weight excluding hydrogens is 638 g/mol. The van der Waals surface area contributed by atoms with E-state index in [1.165, 1.54) is 7.11 Å². The number of fused-ring (bicyclic) bond motifs is 1. The molecule has 0 N–H and O–H groups in total. The van der Waals surface area contributed by atoms with Crippen molar-refractivity contribution in [1.29, 1.82) is 0 Å². The SMILES string of the molecule is COC(=O)[C@H](CC1CCCCC1)O[C@H]1[C@H]2OC(c3ccccc3)OC[C@H]2O[C@@H](OC(=O)Sc2ccccn2)[C@@H]1OC(=O)c1ccccc1. The zero-order valence-corrected chi connectivity index (χ0v) is 27.4. The number of hydrogen-bond donors (Lipinski definition) is 0. The van der Waals surface area contributed by atoms with E-state index in [-0.39, 0.29) is 18.1 Å². The number of thioether (sulfide) groups is 1. The first kappa shape index (κ1) is 34.1. The van der Waals surface area contributed by atoms with Crippen molar-refractivity contribution in [3.63, 3.8) is 0 Å². The Balaban J connectivity index is 1.34. The van der Waals surface area contributed by atoms with Gasteiger partial charge in [-0.15, -0.1) is 0 Å². The maximum absolute atomic E-state index is 13.6. The van der Waals surface area contributed by atoms with Gasteiger partial charge in [0.15, 0.2) is 18.5 Å². The Bertz CT molecular complexity index is 1490. The van der Waals surface area contributed by atoms with Crippen LogP contribution in [0.3, 0.4) is 0 Å². The van der Waals surface area contributed by atoms with Gasteiger partial charge in [0.05, 0.1) is 19.3 Å². The molecule has 2 aromatic carbocycles. The number of carbonyl (C=O) groups is 3. The molecule has 0 bridgehead atoms. The summed E-state index contributed by atoms with van der Waals surface area (Å²) in [6.45, 7) is 0.0520. The number of nitrogens with zero attached hydrogens (tertiary/aromatic N) is 1. The van der Waals surface area contributed by atoms with Crippen LogP contribution in [0.5, 0.6) is 0 Å². The third kappa shape index (κ3) is 8.61. The summed E-state index contributed by atoms with van der Waals surface area (Å²) in [6.07, 6.45) is -0.138. The number of rotatable bonds is 10. The molecule has 12 heteroatoms. The molecule has 11 nitrogen and oxygen atoms in total. The Morgan fingerprint density at radius 3 is 2.31 bits per heavy atom. The normalized spacial score (nSPS) is 26.4. The van der Waals surface area contributed by atoms with Gasteiger partial charge < -0.3 is 33.2 Å². The van der Waals surface area contributed by atoms with Crippen molar-refractivity contribution in [2.24, 2.45) is 5.92 Å². The Kier molecular flexibility index (Phi) is 11.7. The maximum atomic E-state index is 13.6. The van der Waals surface area contributed by atoms with Crippen molar-refractivity contribution in [2.45, 2.75) is 86.7 Å². The smallest absolute Gasteiger partial charge is 0.376 e. The van der Waals surface area contributed by atoms with Gasteiger partial charge in [-0.2, -0.15) is 0 Å². The summed E-state index contributed by atoms with van der Waals surface area (Å²) in [6, 6.07) is 22.9. The molecule has 2 aliphatic heterocycles. The minimum Gasteiger partial charge on any atom is -0.467 e. The fraction of sp³-hybridized carbons (Fsp3) is 0.444. The Morgan fingerprint density at radius 1 is 0.875 bits per heavy atom. The molecule has 0 amide bonds. The number of esters is 2. The molecule has 7 atom stereocenters. The van der Waals surface area contributed by atoms with Crippen LogP contribution in [0.15, 0.2) is 90.1 Å². The predicted molar refractivity (Wildman–Crippen MR) is 173 cm³/mol. The van der Waals surface area contributed by atoms with Crippen LogP contribution in [0.4, 0.5) is 4.79 Å². The molecule has 1 aliphatic carbocycles. The standard InChI is InChI=1S/C36H39NO10S/c1-41-33(39)26(21-23-13-5-2-6-14-23)43-30-29-27(22-42-34(46-29)25-17-9-4-10-18-25)44-35(47-36(40)48-28-19-11-12-20-37-28)31(30)45-32(38)24-15-7-3-8-16-24/h3-4,7-12,15-20,23,26-27,29-31,34-35H,2,5-6,13-14,21-22H2,1H3/t26-,27+,29-,30-,31+,34?,35-/m0/s1. The van der Waals surface area contributed by atoms with E-state index in [2.05, 4.69) is 4.98 Å². The number of aromatic nitrogens is 1. The molecule has 1 saturated carbocycles. The van der Waals surface area contributed by atoms with E-state index in [0.29, 0.717) is 11.4 Å². The predicted octanol–water partition coefficient (Wildman–Crippen LogP) is 6.27. The molecule has 3 aromatic rings. The highest BCUT2D eigenvalue weighted by Gasteiger charge is 2.55. The van der Waals surface area contributed by atoms with Gasteiger partial charge in [-0.1, -0.05) is 86.7 Å². The highest BCUT2D eigenvalue weighted by atomic mass is 32.2. The summed E-state index contributed by atoms with van der Waals surface area (Å²) < 4.78 is 42.6. The average molecular weight is 678 g/mol. The lowest BCUT2D eigenvalue weighted by atomic mass is 9.85. The van der Waals surface area contributed by atoms with E-state index in [9.17, 15) is 14.4 Å². The van der Waals surface area contributed by atoms with Crippen LogP contribution in [-0.2, 0) is 38.0 Å². The number of carbonyl (C=O) groups excluding carboxylic acids is 3. The third-order valence-corrected chi connectivity index (χ3v) is 9.42. The van der Waals surface area contributed by atoms with E-state index in [0.717, 1.165) is 49.4 Å². The lowest BCUT2D eigenvalue weighted by molar-refractivity contribution is -0.359. The van der Waals surface area contributed by atoms with Gasteiger partial charge >= 0.3 is 17.2 Å². The number of benzene rings is 2. The van der Waals surface area contributed by atoms with E-state index in [4.69, 9.17) is 33.2 Å². The maximum Gasteiger partial charge on any atom is 0.376 e. The molecule has 48 heavy (non-hydrogen) atoms. The molecule has 3 aliphatic rings. The monoisotopic (exact) mass is 677 g/mol. The highest BCUT2D eigenvalue weighted by Crippen LogP contribution is 2.39. The minimum absolute atomic E-state index is 0.0520. The Labute approximate surface area is 283 Å². The van der Waals surface area contributed by atoms with Crippen molar-refractivity contribution in [3.05, 3.63) is 96.2 Å². The van der Waals surface area contributed by atoms with Crippen LogP contribution in [0.1, 0.15) is 60.7 Å². The topological polar surface area (TPSA) is 129 Å². The minimum atomic E-state index is -1.43. The van der Waals surface area contributed by atoms with Crippen molar-refractivity contribution in [2.75, 3.05) is 13.7 Å². The molecule has 3 heterocycles. The van der Waals surface area contributed by atoms with E-state index < -0.39 is 60.3 Å². The first-order valence-electron chi connectivity index (χ1n) is 16.2. The molecule has 0 radical (unpaired) electrons. The fourth-order valence-electron chi connectivity index (χ4n) is 6.33. The van der Waals surface area contributed by atoms with Crippen LogP contribution in [0.25, 0.3) is 0 Å². The summed E-state index contributed by atoms with van der Waals surface area (Å²) >= 11 is 0.758. The lowest BCUT2D eigenvalue weighted by Gasteiger charge is -2.48. The number of ether oxygens (including phenoxy) is 7. The zero-order chi connectivity index (χ0) is 33.3. The molecular formula is C36H39NO10S. The number of hydrogen-bond acceptors (Lipinski definition) is 12. The van der Waals surface area contributed by atoms with Crippen molar-refractivity contribution < 1.29 is 47.5 Å². The number of pyridine rings is 1. The van der Waals surface area contributed by atoms with E-state index in [1.54, 1.807) is 54.7 Å². The van der Waals surface area contributed by atoms with Gasteiger partial charge in [0, 0.05) is 23.5 Å². The van der Waals surface area contributed by atoms with Crippen molar-refractivity contribution >= 4 is 29.0 Å². The zero-order valence-electron chi connectivity index (χ0n) is 26.6. The molecule has 6 rings (SSSR count). The lowest BCUT2D eigenvalue weighted by Crippen LogP contribution is -2.65. The van der Waals surface area contributed by atoms with Gasteiger partial charge in [0.25, 0.3) is 0 Å².